The summed E-state index contributed by atoms with van der Waals surface area (Å²) in [6.45, 7) is 6.84. The second-order valence-electron chi connectivity index (χ2n) is 6.53. The summed E-state index contributed by atoms with van der Waals surface area (Å²) in [6.07, 6.45) is 1.73. The highest BCUT2D eigenvalue weighted by Crippen LogP contribution is 2.14. The first kappa shape index (κ1) is 17.7. The van der Waals surface area contributed by atoms with Crippen LogP contribution in [-0.2, 0) is 6.54 Å². The Kier molecular flexibility index (Phi) is 5.32. The van der Waals surface area contributed by atoms with Gasteiger partial charge in [-0.3, -0.25) is 4.79 Å². The second-order valence-corrected chi connectivity index (χ2v) is 6.53. The van der Waals surface area contributed by atoms with E-state index < -0.39 is 0 Å². The third kappa shape index (κ3) is 4.48. The molecule has 0 bridgehead atoms. The lowest BCUT2D eigenvalue weighted by molar-refractivity contribution is 0.102. The molecule has 0 saturated heterocycles. The summed E-state index contributed by atoms with van der Waals surface area (Å²) in [5.41, 5.74) is 6.28. The Bertz CT molecular complexity index is 917. The van der Waals surface area contributed by atoms with Crippen LogP contribution in [0.1, 0.15) is 32.6 Å². The number of aryl methyl sites for hydroxylation is 3. The van der Waals surface area contributed by atoms with Crippen molar-refractivity contribution >= 4 is 17.4 Å². The molecule has 0 unspecified atom stereocenters. The molecule has 3 aromatic rings. The van der Waals surface area contributed by atoms with Crippen LogP contribution in [0.2, 0.25) is 0 Å². The van der Waals surface area contributed by atoms with E-state index in [1.54, 1.807) is 12.3 Å². The third-order valence-corrected chi connectivity index (χ3v) is 4.35. The van der Waals surface area contributed by atoms with Crippen LogP contribution in [0, 0.1) is 20.8 Å². The molecule has 1 amide bonds. The highest BCUT2D eigenvalue weighted by molar-refractivity contribution is 6.03. The first-order valence-corrected chi connectivity index (χ1v) is 8.65. The van der Waals surface area contributed by atoms with Crippen molar-refractivity contribution < 1.29 is 4.79 Å². The van der Waals surface area contributed by atoms with Crippen molar-refractivity contribution in [2.45, 2.75) is 27.3 Å². The van der Waals surface area contributed by atoms with E-state index in [0.717, 1.165) is 17.8 Å². The quantitative estimate of drug-likeness (QED) is 0.693. The summed E-state index contributed by atoms with van der Waals surface area (Å²) in [4.78, 5) is 16.7. The van der Waals surface area contributed by atoms with Gasteiger partial charge in [-0.25, -0.2) is 4.98 Å². The number of nitrogens with one attached hydrogen (secondary N) is 2. The second kappa shape index (κ2) is 7.83. The number of aromatic nitrogens is 1. The van der Waals surface area contributed by atoms with Crippen molar-refractivity contribution in [3.8, 4) is 0 Å². The lowest BCUT2D eigenvalue weighted by Crippen LogP contribution is -2.13. The van der Waals surface area contributed by atoms with Gasteiger partial charge in [0.2, 0.25) is 0 Å². The number of nitrogens with zero attached hydrogens (tertiary/aromatic N) is 1. The number of hydrogen-bond acceptors (Lipinski definition) is 3. The predicted molar refractivity (Wildman–Crippen MR) is 107 cm³/mol. The molecular weight excluding hydrogens is 322 g/mol. The van der Waals surface area contributed by atoms with Gasteiger partial charge in [-0.05, 0) is 61.7 Å². The molecule has 1 aromatic heterocycles. The van der Waals surface area contributed by atoms with E-state index in [9.17, 15) is 4.79 Å². The Morgan fingerprint density at radius 2 is 1.81 bits per heavy atom. The van der Waals surface area contributed by atoms with E-state index in [0.29, 0.717) is 11.4 Å². The van der Waals surface area contributed by atoms with E-state index in [4.69, 9.17) is 0 Å². The molecule has 0 radical (unpaired) electrons. The molecule has 4 heteroatoms. The zero-order chi connectivity index (χ0) is 18.5. The minimum Gasteiger partial charge on any atom is -0.380 e. The standard InChI is InChI=1S/C22H23N3O/c1-15-5-4-6-18(11-15)13-23-20-9-10-21(24-14-20)25-22(26)19-8-7-16(2)17(3)12-19/h4-12,14,23H,13H2,1-3H3,(H,24,25,26). The Morgan fingerprint density at radius 3 is 2.50 bits per heavy atom. The van der Waals surface area contributed by atoms with Gasteiger partial charge in [-0.15, -0.1) is 0 Å². The largest absolute Gasteiger partial charge is 0.380 e. The average Bonchev–Trinajstić information content (AvgIpc) is 2.63. The zero-order valence-corrected chi connectivity index (χ0v) is 15.3. The summed E-state index contributed by atoms with van der Waals surface area (Å²) in [5, 5.41) is 6.17. The van der Waals surface area contributed by atoms with Crippen LogP contribution >= 0.6 is 0 Å². The summed E-state index contributed by atoms with van der Waals surface area (Å²) in [5.74, 6) is 0.385. The predicted octanol–water partition coefficient (Wildman–Crippen LogP) is 4.87. The Balaban J connectivity index is 1.60. The van der Waals surface area contributed by atoms with Crippen molar-refractivity contribution in [1.82, 2.24) is 4.98 Å². The van der Waals surface area contributed by atoms with E-state index in [1.807, 2.05) is 38.1 Å². The van der Waals surface area contributed by atoms with Gasteiger partial charge in [0.15, 0.2) is 0 Å². The fourth-order valence-electron chi connectivity index (χ4n) is 2.67. The zero-order valence-electron chi connectivity index (χ0n) is 15.3. The molecule has 2 aromatic carbocycles. The van der Waals surface area contributed by atoms with E-state index in [-0.39, 0.29) is 5.91 Å². The first-order valence-electron chi connectivity index (χ1n) is 8.65. The number of pyridine rings is 1. The molecule has 0 saturated carbocycles. The van der Waals surface area contributed by atoms with Crippen LogP contribution in [0.4, 0.5) is 11.5 Å². The third-order valence-electron chi connectivity index (χ3n) is 4.35. The highest BCUT2D eigenvalue weighted by Gasteiger charge is 2.08. The number of carbonyl (C=O) groups is 1. The molecule has 4 nitrogen and oxygen atoms in total. The van der Waals surface area contributed by atoms with E-state index in [2.05, 4.69) is 46.8 Å². The van der Waals surface area contributed by atoms with E-state index >= 15 is 0 Å². The van der Waals surface area contributed by atoms with Crippen LogP contribution in [-0.4, -0.2) is 10.9 Å². The van der Waals surface area contributed by atoms with Crippen LogP contribution in [0.5, 0.6) is 0 Å². The number of amides is 1. The SMILES string of the molecule is Cc1cccc(CNc2ccc(NC(=O)c3ccc(C)c(C)c3)nc2)c1. The molecule has 132 valence electrons. The number of carbonyl (C=O) groups excluding carboxylic acids is 1. The molecule has 26 heavy (non-hydrogen) atoms. The Hall–Kier alpha value is -3.14. The summed E-state index contributed by atoms with van der Waals surface area (Å²) in [7, 11) is 0. The number of hydrogen-bond donors (Lipinski definition) is 2. The summed E-state index contributed by atoms with van der Waals surface area (Å²) >= 11 is 0. The van der Waals surface area contributed by atoms with Gasteiger partial charge in [0, 0.05) is 12.1 Å². The van der Waals surface area contributed by atoms with Crippen molar-refractivity contribution in [2.75, 3.05) is 10.6 Å². The summed E-state index contributed by atoms with van der Waals surface area (Å²) < 4.78 is 0. The molecular formula is C22H23N3O. The topological polar surface area (TPSA) is 54.0 Å². The van der Waals surface area contributed by atoms with Gasteiger partial charge in [0.1, 0.15) is 5.82 Å². The van der Waals surface area contributed by atoms with Gasteiger partial charge < -0.3 is 10.6 Å². The monoisotopic (exact) mass is 345 g/mol. The fourth-order valence-corrected chi connectivity index (χ4v) is 2.67. The maximum atomic E-state index is 12.3. The molecule has 0 aliphatic carbocycles. The molecule has 0 atom stereocenters. The van der Waals surface area contributed by atoms with Gasteiger partial charge in [-0.2, -0.15) is 0 Å². The van der Waals surface area contributed by atoms with E-state index in [1.165, 1.54) is 16.7 Å². The minimum atomic E-state index is -0.152. The fraction of sp³-hybridized carbons (Fsp3) is 0.182. The van der Waals surface area contributed by atoms with Crippen molar-refractivity contribution in [3.63, 3.8) is 0 Å². The number of anilines is 2. The van der Waals surface area contributed by atoms with Gasteiger partial charge in [0.05, 0.1) is 11.9 Å². The Labute approximate surface area is 154 Å². The normalized spacial score (nSPS) is 10.4. The molecule has 3 rings (SSSR count). The molecule has 0 spiro atoms. The van der Waals surface area contributed by atoms with Crippen molar-refractivity contribution in [1.29, 1.82) is 0 Å². The molecule has 1 heterocycles. The first-order chi connectivity index (χ1) is 12.5. The Morgan fingerprint density at radius 1 is 0.962 bits per heavy atom. The number of benzene rings is 2. The molecule has 0 fully saturated rings. The maximum Gasteiger partial charge on any atom is 0.256 e. The molecule has 0 aliphatic rings. The lowest BCUT2D eigenvalue weighted by Gasteiger charge is -2.09. The minimum absolute atomic E-state index is 0.152. The smallest absolute Gasteiger partial charge is 0.256 e. The highest BCUT2D eigenvalue weighted by atomic mass is 16.1. The van der Waals surface area contributed by atoms with Crippen molar-refractivity contribution in [3.05, 3.63) is 88.6 Å². The average molecular weight is 345 g/mol. The number of rotatable bonds is 5. The van der Waals surface area contributed by atoms with Crippen LogP contribution in [0.25, 0.3) is 0 Å². The lowest BCUT2D eigenvalue weighted by atomic mass is 10.1. The van der Waals surface area contributed by atoms with Crippen LogP contribution < -0.4 is 10.6 Å². The maximum absolute atomic E-state index is 12.3. The van der Waals surface area contributed by atoms with Crippen molar-refractivity contribution in [2.24, 2.45) is 0 Å². The van der Waals surface area contributed by atoms with Crippen LogP contribution in [0.3, 0.4) is 0 Å². The summed E-state index contributed by atoms with van der Waals surface area (Å²) in [6, 6.07) is 17.8. The van der Waals surface area contributed by atoms with Gasteiger partial charge in [-0.1, -0.05) is 35.9 Å². The molecule has 0 aliphatic heterocycles. The van der Waals surface area contributed by atoms with Gasteiger partial charge >= 0.3 is 0 Å². The molecule has 2 N–H and O–H groups in total. The van der Waals surface area contributed by atoms with Crippen LogP contribution in [0.15, 0.2) is 60.8 Å². The van der Waals surface area contributed by atoms with Gasteiger partial charge in [0.25, 0.3) is 5.91 Å².